The molecule has 1 aliphatic heterocycles. The molecule has 1 fully saturated rings. The molecule has 1 saturated heterocycles. The Morgan fingerprint density at radius 2 is 1.67 bits per heavy atom. The lowest BCUT2D eigenvalue weighted by Crippen LogP contribution is -2.50. The van der Waals surface area contributed by atoms with Gasteiger partial charge < -0.3 is 14.7 Å². The van der Waals surface area contributed by atoms with Gasteiger partial charge in [0.2, 0.25) is 17.7 Å². The molecule has 1 atom stereocenters. The molecule has 1 aliphatic rings. The van der Waals surface area contributed by atoms with Gasteiger partial charge in [-0.05, 0) is 24.6 Å². The highest BCUT2D eigenvalue weighted by Gasteiger charge is 2.24. The lowest BCUT2D eigenvalue weighted by molar-refractivity contribution is -0.140. The number of nitrogens with zero attached hydrogens (tertiary/aromatic N) is 6. The first-order valence-electron chi connectivity index (χ1n) is 10.1. The fraction of sp³-hybridized carbons (Fsp3) is 0.476. The molecule has 0 radical (unpaired) electrons. The van der Waals surface area contributed by atoms with E-state index in [1.807, 2.05) is 31.2 Å². The van der Waals surface area contributed by atoms with Crippen LogP contribution in [0.4, 0.5) is 0 Å². The highest BCUT2D eigenvalue weighted by Crippen LogP contribution is 2.21. The van der Waals surface area contributed by atoms with Crippen molar-refractivity contribution in [3.05, 3.63) is 42.5 Å². The fourth-order valence-corrected chi connectivity index (χ4v) is 3.51. The summed E-state index contributed by atoms with van der Waals surface area (Å²) < 4.78 is 1.67. The summed E-state index contributed by atoms with van der Waals surface area (Å²) in [6.45, 7) is 5.65. The molecule has 1 aromatic heterocycles. The van der Waals surface area contributed by atoms with Crippen molar-refractivity contribution in [3.63, 3.8) is 0 Å². The third-order valence-corrected chi connectivity index (χ3v) is 5.66. The first-order valence-corrected chi connectivity index (χ1v) is 10.1. The molecule has 160 valence electrons. The minimum Gasteiger partial charge on any atom is -0.339 e. The number of carbonyl (C=O) groups excluding carboxylic acids is 3. The van der Waals surface area contributed by atoms with Crippen LogP contribution in [0.25, 0.3) is 5.69 Å². The summed E-state index contributed by atoms with van der Waals surface area (Å²) in [6, 6.07) is 7.68. The Balaban J connectivity index is 1.49. The van der Waals surface area contributed by atoms with Crippen molar-refractivity contribution in [1.29, 1.82) is 0 Å². The predicted octanol–water partition coefficient (Wildman–Crippen LogP) is 1.26. The van der Waals surface area contributed by atoms with Crippen LogP contribution in [0.2, 0.25) is 0 Å². The largest absolute Gasteiger partial charge is 0.339 e. The Labute approximate surface area is 176 Å². The molecular formula is C21H28N6O3. The number of piperazine rings is 1. The summed E-state index contributed by atoms with van der Waals surface area (Å²) in [6.07, 6.45) is 3.46. The summed E-state index contributed by atoms with van der Waals surface area (Å²) in [4.78, 5) is 45.5. The molecule has 2 heterocycles. The molecule has 30 heavy (non-hydrogen) atoms. The molecule has 9 heteroatoms. The van der Waals surface area contributed by atoms with Gasteiger partial charge in [0.15, 0.2) is 0 Å². The van der Waals surface area contributed by atoms with E-state index in [4.69, 9.17) is 0 Å². The van der Waals surface area contributed by atoms with E-state index in [-0.39, 0.29) is 36.6 Å². The van der Waals surface area contributed by atoms with Crippen LogP contribution >= 0.6 is 0 Å². The van der Waals surface area contributed by atoms with Crippen LogP contribution in [0, 0.1) is 0 Å². The molecule has 0 N–H and O–H groups in total. The SMILES string of the molecule is CC(=O)N1CCN(C(=O)CCC(=O)N(C)[C@H](C)c2ccc(-n3cncn3)cc2)CC1. The number of hydrogen-bond acceptors (Lipinski definition) is 5. The van der Waals surface area contributed by atoms with Gasteiger partial charge >= 0.3 is 0 Å². The van der Waals surface area contributed by atoms with Crippen LogP contribution in [0.1, 0.15) is 38.3 Å². The summed E-state index contributed by atoms with van der Waals surface area (Å²) >= 11 is 0. The Morgan fingerprint density at radius 1 is 1.03 bits per heavy atom. The van der Waals surface area contributed by atoms with Crippen LogP contribution in [0.3, 0.4) is 0 Å². The smallest absolute Gasteiger partial charge is 0.223 e. The second-order valence-electron chi connectivity index (χ2n) is 7.50. The zero-order valence-electron chi connectivity index (χ0n) is 17.7. The number of aromatic nitrogens is 3. The van der Waals surface area contributed by atoms with E-state index in [1.54, 1.807) is 32.8 Å². The minimum absolute atomic E-state index is 0.0298. The highest BCUT2D eigenvalue weighted by molar-refractivity contribution is 5.84. The average molecular weight is 412 g/mol. The van der Waals surface area contributed by atoms with Crippen molar-refractivity contribution >= 4 is 17.7 Å². The number of carbonyl (C=O) groups is 3. The molecule has 0 bridgehead atoms. The monoisotopic (exact) mass is 412 g/mol. The summed E-state index contributed by atoms with van der Waals surface area (Å²) in [7, 11) is 1.76. The molecule has 1 aromatic carbocycles. The summed E-state index contributed by atoms with van der Waals surface area (Å²) in [5.74, 6) is -0.0782. The minimum atomic E-state index is -0.114. The topological polar surface area (TPSA) is 91.6 Å². The molecule has 0 aliphatic carbocycles. The average Bonchev–Trinajstić information content (AvgIpc) is 3.31. The van der Waals surface area contributed by atoms with Gasteiger partial charge in [-0.3, -0.25) is 14.4 Å². The van der Waals surface area contributed by atoms with E-state index >= 15 is 0 Å². The van der Waals surface area contributed by atoms with Crippen molar-refractivity contribution in [3.8, 4) is 5.69 Å². The van der Waals surface area contributed by atoms with Gasteiger partial charge in [0, 0.05) is 53.0 Å². The van der Waals surface area contributed by atoms with Gasteiger partial charge in [-0.2, -0.15) is 5.10 Å². The van der Waals surface area contributed by atoms with Gasteiger partial charge in [0.25, 0.3) is 0 Å². The molecular weight excluding hydrogens is 384 g/mol. The van der Waals surface area contributed by atoms with Crippen molar-refractivity contribution in [2.75, 3.05) is 33.2 Å². The maximum atomic E-state index is 12.6. The fourth-order valence-electron chi connectivity index (χ4n) is 3.51. The van der Waals surface area contributed by atoms with Gasteiger partial charge in [-0.25, -0.2) is 9.67 Å². The Bertz CT molecular complexity index is 873. The zero-order chi connectivity index (χ0) is 21.7. The molecule has 9 nitrogen and oxygen atoms in total. The number of amides is 3. The van der Waals surface area contributed by atoms with Crippen LogP contribution in [-0.2, 0) is 14.4 Å². The highest BCUT2D eigenvalue weighted by atomic mass is 16.2. The van der Waals surface area contributed by atoms with E-state index in [2.05, 4.69) is 10.1 Å². The first kappa shape index (κ1) is 21.5. The number of rotatable bonds is 6. The lowest BCUT2D eigenvalue weighted by Gasteiger charge is -2.34. The van der Waals surface area contributed by atoms with E-state index in [0.717, 1.165) is 11.3 Å². The van der Waals surface area contributed by atoms with E-state index in [9.17, 15) is 14.4 Å². The lowest BCUT2D eigenvalue weighted by atomic mass is 10.1. The zero-order valence-corrected chi connectivity index (χ0v) is 17.7. The Hall–Kier alpha value is -3.23. The standard InChI is InChI=1S/C21H28N6O3/c1-16(18-4-6-19(7-5-18)27-15-22-14-23-27)24(3)20(29)8-9-21(30)26-12-10-25(11-13-26)17(2)28/h4-7,14-16H,8-13H2,1-3H3/t16-/m1/s1. The van der Waals surface area contributed by atoms with Gasteiger partial charge in [-0.15, -0.1) is 0 Å². The van der Waals surface area contributed by atoms with Gasteiger partial charge in [0.05, 0.1) is 11.7 Å². The Kier molecular flexibility index (Phi) is 6.81. The van der Waals surface area contributed by atoms with Crippen LogP contribution < -0.4 is 0 Å². The second kappa shape index (κ2) is 9.51. The van der Waals surface area contributed by atoms with Crippen LogP contribution in [0.15, 0.2) is 36.9 Å². The molecule has 0 unspecified atom stereocenters. The molecule has 0 saturated carbocycles. The normalized spacial score (nSPS) is 15.0. The Morgan fingerprint density at radius 3 is 2.23 bits per heavy atom. The second-order valence-corrected chi connectivity index (χ2v) is 7.50. The van der Waals surface area contributed by atoms with E-state index < -0.39 is 0 Å². The van der Waals surface area contributed by atoms with Crippen molar-refractivity contribution in [2.45, 2.75) is 32.7 Å². The van der Waals surface area contributed by atoms with Crippen LogP contribution in [0.5, 0.6) is 0 Å². The third-order valence-electron chi connectivity index (χ3n) is 5.66. The van der Waals surface area contributed by atoms with Crippen LogP contribution in [-0.4, -0.2) is 80.4 Å². The molecule has 0 spiro atoms. The predicted molar refractivity (Wildman–Crippen MR) is 111 cm³/mol. The molecule has 2 aromatic rings. The quantitative estimate of drug-likeness (QED) is 0.712. The number of benzene rings is 1. The maximum absolute atomic E-state index is 12.6. The van der Waals surface area contributed by atoms with Gasteiger partial charge in [0.1, 0.15) is 12.7 Å². The van der Waals surface area contributed by atoms with E-state index in [1.165, 1.54) is 13.3 Å². The molecule has 3 amide bonds. The summed E-state index contributed by atoms with van der Waals surface area (Å²) in [5, 5.41) is 4.10. The van der Waals surface area contributed by atoms with Crippen molar-refractivity contribution < 1.29 is 14.4 Å². The third kappa shape index (κ3) is 5.03. The maximum Gasteiger partial charge on any atom is 0.223 e. The van der Waals surface area contributed by atoms with E-state index in [0.29, 0.717) is 26.2 Å². The number of hydrogen-bond donors (Lipinski definition) is 0. The van der Waals surface area contributed by atoms with Gasteiger partial charge in [-0.1, -0.05) is 12.1 Å². The van der Waals surface area contributed by atoms with Crippen molar-refractivity contribution in [2.24, 2.45) is 0 Å². The first-order chi connectivity index (χ1) is 14.4. The molecule has 3 rings (SSSR count). The summed E-state index contributed by atoms with van der Waals surface area (Å²) in [5.41, 5.74) is 1.90. The van der Waals surface area contributed by atoms with Crippen molar-refractivity contribution in [1.82, 2.24) is 29.5 Å².